The van der Waals surface area contributed by atoms with E-state index in [2.05, 4.69) is 58.3 Å². The van der Waals surface area contributed by atoms with Gasteiger partial charge in [-0.1, -0.05) is 4.98 Å². The summed E-state index contributed by atoms with van der Waals surface area (Å²) in [5.41, 5.74) is 10.1. The van der Waals surface area contributed by atoms with Crippen molar-refractivity contribution in [3.05, 3.63) is 46.0 Å². The summed E-state index contributed by atoms with van der Waals surface area (Å²) in [6.45, 7) is -4.12. The van der Waals surface area contributed by atoms with Crippen LogP contribution in [0.25, 0.3) is 33.5 Å². The number of nitrogens with one attached hydrogen (secondary N) is 3. The molecule has 12 atom stereocenters. The fourth-order valence-corrected chi connectivity index (χ4v) is 11.8. The minimum Gasteiger partial charge on any atom is -0.756 e. The third-order valence-corrected chi connectivity index (χ3v) is 15.6. The van der Waals surface area contributed by atoms with Crippen molar-refractivity contribution < 1.29 is 98.3 Å². The van der Waals surface area contributed by atoms with Crippen LogP contribution in [0.2, 0.25) is 0 Å². The number of imidazole rings is 3. The van der Waals surface area contributed by atoms with Gasteiger partial charge in [-0.25, -0.2) is 33.1 Å². The molecule has 6 aromatic heterocycles. The highest BCUT2D eigenvalue weighted by atomic mass is 31.3. The molecule has 37 nitrogen and oxygen atoms in total. The van der Waals surface area contributed by atoms with Gasteiger partial charge >= 0.3 is 5.65 Å². The number of aromatic amines is 2. The van der Waals surface area contributed by atoms with Crippen molar-refractivity contribution in [1.82, 2.24) is 53.6 Å². The van der Waals surface area contributed by atoms with Gasteiger partial charge < -0.3 is 83.6 Å². The maximum atomic E-state index is 13.5. The molecule has 8 heterocycles. The van der Waals surface area contributed by atoms with Crippen LogP contribution in [0.1, 0.15) is 12.5 Å². The number of nitrogens with two attached hydrogens (primary N) is 2. The second-order valence-corrected chi connectivity index (χ2v) is 21.1. The molecule has 0 radical (unpaired) electrons. The Kier molecular flexibility index (Phi) is 15.3. The Balaban J connectivity index is 0.920. The van der Waals surface area contributed by atoms with Crippen LogP contribution in [0.4, 0.5) is 17.7 Å². The number of phosphoric ester groups is 3. The molecule has 0 spiro atoms. The number of hydrogen-bond donors (Lipinski definition) is 7. The third kappa shape index (κ3) is 11.3. The summed E-state index contributed by atoms with van der Waals surface area (Å²) in [6, 6.07) is 0. The van der Waals surface area contributed by atoms with Crippen molar-refractivity contribution in [3.63, 3.8) is 0 Å². The van der Waals surface area contributed by atoms with E-state index >= 15 is 0 Å². The average Bonchev–Trinajstić information content (AvgIpc) is 4.11. The quantitative estimate of drug-likeness (QED) is 0.0189. The number of aliphatic hydroxyl groups is 2. The van der Waals surface area contributed by atoms with Crippen molar-refractivity contribution in [1.29, 1.82) is 0 Å². The topological polar surface area (TPSA) is 519 Å². The summed E-state index contributed by atoms with van der Waals surface area (Å²) >= 11 is 0. The fraction of sp³-hybridized carbons (Fsp3) is 0.516. The minimum atomic E-state index is -6.43. The van der Waals surface area contributed by atoms with Crippen LogP contribution in [0.5, 0.6) is 0 Å². The van der Waals surface area contributed by atoms with Crippen molar-refractivity contribution in [2.45, 2.75) is 55.8 Å². The first-order valence-corrected chi connectivity index (χ1v) is 26.1. The Morgan fingerprint density at radius 2 is 1.40 bits per heavy atom. The molecule has 2 fully saturated rings. The molecule has 8 rings (SSSR count). The van der Waals surface area contributed by atoms with E-state index in [9.17, 15) is 57.6 Å². The van der Waals surface area contributed by atoms with E-state index in [4.69, 9.17) is 44.0 Å². The number of fused-ring (bicyclic) bond motifs is 3. The number of methoxy groups -OCH3 is 1. The number of nitrogens with zero attached hydrogens (tertiary/aromatic N) is 10. The van der Waals surface area contributed by atoms with Crippen LogP contribution in [-0.4, -0.2) is 141 Å². The van der Waals surface area contributed by atoms with Gasteiger partial charge in [0, 0.05) is 14.2 Å². The first-order valence-electron chi connectivity index (χ1n) is 20.3. The van der Waals surface area contributed by atoms with Gasteiger partial charge in [-0.05, 0) is 0 Å². The third-order valence-electron chi connectivity index (χ3n) is 10.5. The Labute approximate surface area is 400 Å². The smallest absolute Gasteiger partial charge is 0.313 e. The van der Waals surface area contributed by atoms with E-state index in [-0.39, 0.29) is 57.9 Å². The number of rotatable bonds is 22. The van der Waals surface area contributed by atoms with Crippen molar-refractivity contribution >= 4 is 82.5 Å². The van der Waals surface area contributed by atoms with Gasteiger partial charge in [0.1, 0.15) is 48.5 Å². The number of hydrogen-bond acceptors (Lipinski definition) is 31. The Morgan fingerprint density at radius 3 is 2.11 bits per heavy atom. The van der Waals surface area contributed by atoms with Gasteiger partial charge in [-0.2, -0.15) is 4.98 Å². The molecule has 394 valence electrons. The second-order valence-electron chi connectivity index (χ2n) is 15.2. The van der Waals surface area contributed by atoms with Crippen molar-refractivity contribution in [2.75, 3.05) is 57.4 Å². The van der Waals surface area contributed by atoms with Gasteiger partial charge in [0.15, 0.2) is 48.1 Å². The molecule has 0 amide bonds. The van der Waals surface area contributed by atoms with Gasteiger partial charge in [0.2, 0.25) is 11.5 Å². The van der Waals surface area contributed by atoms with Crippen molar-refractivity contribution in [2.24, 2.45) is 7.05 Å². The molecule has 2 aliphatic rings. The molecule has 0 saturated carbocycles. The first-order chi connectivity index (χ1) is 33.9. The highest BCUT2D eigenvalue weighted by molar-refractivity contribution is 7.65. The summed E-state index contributed by atoms with van der Waals surface area (Å²) in [6.07, 6.45) is -8.86. The summed E-state index contributed by atoms with van der Waals surface area (Å²) in [7, 11) is -20.1. The Bertz CT molecular complexity index is 3300. The summed E-state index contributed by atoms with van der Waals surface area (Å²) in [4.78, 5) is 105. The maximum absolute atomic E-state index is 13.5. The fourth-order valence-electron chi connectivity index (χ4n) is 7.48. The van der Waals surface area contributed by atoms with E-state index in [1.807, 2.05) is 0 Å². The summed E-state index contributed by atoms with van der Waals surface area (Å²) < 4.78 is 106. The molecule has 6 unspecified atom stereocenters. The first kappa shape index (κ1) is 53.2. The lowest BCUT2D eigenvalue weighted by molar-refractivity contribution is -0.711. The molecule has 6 aromatic rings. The summed E-state index contributed by atoms with van der Waals surface area (Å²) in [5.74, 6) is -0.277. The molecule has 0 bridgehead atoms. The zero-order valence-electron chi connectivity index (χ0n) is 36.9. The van der Waals surface area contributed by atoms with E-state index in [0.29, 0.717) is 0 Å². The number of aromatic nitrogens is 12. The number of ether oxygens (including phenoxy) is 4. The van der Waals surface area contributed by atoms with Gasteiger partial charge in [-0.15, -0.1) is 0 Å². The number of nitrogen functional groups attached to an aromatic ring is 2. The van der Waals surface area contributed by atoms with Crippen LogP contribution < -0.4 is 52.0 Å². The molecule has 41 heteroatoms. The minimum absolute atomic E-state index is 0.0689. The molecule has 72 heavy (non-hydrogen) atoms. The molecule has 0 aromatic carbocycles. The summed E-state index contributed by atoms with van der Waals surface area (Å²) in [5, 5.41) is 24.4. The molecule has 0 aliphatic carbocycles. The maximum Gasteiger partial charge on any atom is 0.313 e. The predicted molar refractivity (Wildman–Crippen MR) is 225 cm³/mol. The number of anilines is 3. The number of aryl methyl sites for hydroxylation is 1. The zero-order chi connectivity index (χ0) is 52.1. The monoisotopic (exact) mass is 1100 g/mol. The zero-order valence-corrected chi connectivity index (χ0v) is 40.5. The molecule has 2 aliphatic heterocycles. The standard InChI is InChI=1S/C31H43N15O22P4/c1-34-22-15-23(36-8-35-22)45(9-37-15)29-21(59-3)20(66-69(51,52)62-6-13-18(47)19(48)28(64-13)46-10-38-16-24(46)39-30(32)41-26(16)49)14(65-29)7-63-71(55,56)68-72(57,58)67-70(53,54)61-5-4-60-12-44-11-43(2)17-25(44)40-31(33)42-27(17)50/h8-11,13-14,18-21,28-29,47-48H,4-7,12H2,1-3H3,(H10-,32,33,34,35,36,39,40,41,42,49,50,51,52,53,54,55,56,57,58)/p-3/t13-,14-,18?,19+,20?,21+,28-,29-/m1/s1. The highest BCUT2D eigenvalue weighted by Crippen LogP contribution is 2.63. The number of phosphoric acid groups is 4. The van der Waals surface area contributed by atoms with E-state index in [1.165, 1.54) is 40.5 Å². The average molecular weight is 1100 g/mol. The Morgan fingerprint density at radius 1 is 0.778 bits per heavy atom. The largest absolute Gasteiger partial charge is 0.756 e. The van der Waals surface area contributed by atoms with E-state index in [0.717, 1.165) is 24.3 Å². The Hall–Kier alpha value is -5.07. The lowest BCUT2D eigenvalue weighted by atomic mass is 10.1. The van der Waals surface area contributed by atoms with E-state index in [1.54, 1.807) is 0 Å². The van der Waals surface area contributed by atoms with Crippen LogP contribution >= 0.6 is 31.3 Å². The van der Waals surface area contributed by atoms with Crippen LogP contribution in [0.3, 0.4) is 0 Å². The molecular formula is C31H40N15O22P4-3. The second kappa shape index (κ2) is 20.7. The van der Waals surface area contributed by atoms with Crippen LogP contribution in [0.15, 0.2) is 34.9 Å². The number of aliphatic hydroxyl groups excluding tert-OH is 2. The van der Waals surface area contributed by atoms with Gasteiger partial charge in [0.25, 0.3) is 48.4 Å². The van der Waals surface area contributed by atoms with Crippen LogP contribution in [-0.2, 0) is 77.7 Å². The molecular weight excluding hydrogens is 1060 g/mol. The lowest BCUT2D eigenvalue weighted by Gasteiger charge is -2.35. The van der Waals surface area contributed by atoms with Gasteiger partial charge in [0.05, 0.1) is 46.1 Å². The predicted octanol–water partition coefficient (Wildman–Crippen LogP) is -5.42. The van der Waals surface area contributed by atoms with E-state index < -0.39 is 118 Å². The number of H-pyrrole nitrogens is 2. The van der Waals surface area contributed by atoms with Crippen molar-refractivity contribution in [3.8, 4) is 0 Å². The lowest BCUT2D eigenvalue weighted by Crippen LogP contribution is -2.39. The molecule has 9 N–H and O–H groups in total. The molecule has 2 saturated heterocycles. The normalized spacial score (nSPS) is 26.0. The SMILES string of the molecule is CNc1ncnc2c1ncn2[C@@H]1O[C@H](COP(=O)([O-])OP(=O)([O-])OP(=O)([O-])OCCOC[n+]2cn(C)c3c(=O)[nH]c(N)nc32)C(OP(=O)([O-])OC[C@H]2O[C@@H](n3cnc4c(=O)[nH]c(N)nc43)[C@@H](O)C2O)[C@@H]1OC. The van der Waals surface area contributed by atoms with Gasteiger partial charge in [-0.3, -0.25) is 51.5 Å². The van der Waals surface area contributed by atoms with Crippen LogP contribution in [0, 0.1) is 0 Å². The highest BCUT2D eigenvalue weighted by Gasteiger charge is 2.50.